The van der Waals surface area contributed by atoms with Crippen LogP contribution in [0.1, 0.15) is 27.7 Å². The number of carbonyl (C=O) groups is 1. The van der Waals surface area contributed by atoms with E-state index in [9.17, 15) is 13.2 Å². The highest BCUT2D eigenvalue weighted by molar-refractivity contribution is 7.88. The van der Waals surface area contributed by atoms with Gasteiger partial charge in [-0.3, -0.25) is 0 Å². The summed E-state index contributed by atoms with van der Waals surface area (Å²) in [5.74, 6) is -0.907. The predicted octanol–water partition coefficient (Wildman–Crippen LogP) is 1.23. The van der Waals surface area contributed by atoms with Crippen molar-refractivity contribution in [3.05, 3.63) is 12.2 Å². The molecule has 0 rings (SSSR count). The average molecular weight is 206 g/mol. The largest absolute Gasteiger partial charge is 0.348 e. The number of carbonyl (C=O) groups excluding carboxylic acids is 1. The van der Waals surface area contributed by atoms with E-state index in [1.807, 2.05) is 0 Å². The molecule has 0 bridgehead atoms. The third-order valence-corrected chi connectivity index (χ3v) is 3.15. The van der Waals surface area contributed by atoms with Crippen molar-refractivity contribution in [1.29, 1.82) is 0 Å². The van der Waals surface area contributed by atoms with Gasteiger partial charge in [-0.05, 0) is 27.7 Å². The zero-order chi connectivity index (χ0) is 10.9. The second-order valence-corrected chi connectivity index (χ2v) is 6.02. The molecule has 0 saturated carbocycles. The number of hydrogen-bond acceptors (Lipinski definition) is 4. The van der Waals surface area contributed by atoms with Gasteiger partial charge in [0.1, 0.15) is 0 Å². The summed E-state index contributed by atoms with van der Waals surface area (Å²) in [5.41, 5.74) is 0.0628. The monoisotopic (exact) mass is 206 g/mol. The molecule has 0 aromatic rings. The van der Waals surface area contributed by atoms with Gasteiger partial charge in [0, 0.05) is 5.57 Å². The molecule has 5 heteroatoms. The topological polar surface area (TPSA) is 60.4 Å². The van der Waals surface area contributed by atoms with E-state index < -0.39 is 20.8 Å². The quantitative estimate of drug-likeness (QED) is 0.503. The Morgan fingerprint density at radius 1 is 1.31 bits per heavy atom. The molecule has 0 radical (unpaired) electrons. The molecule has 0 amide bonds. The molecule has 0 aromatic heterocycles. The van der Waals surface area contributed by atoms with Crippen LogP contribution in [-0.2, 0) is 19.1 Å². The van der Waals surface area contributed by atoms with Gasteiger partial charge in [-0.2, -0.15) is 8.42 Å². The highest BCUT2D eigenvalue weighted by Crippen LogP contribution is 2.17. The molecule has 0 spiro atoms. The zero-order valence-corrected chi connectivity index (χ0v) is 9.06. The first-order chi connectivity index (χ1) is 5.58. The van der Waals surface area contributed by atoms with Crippen LogP contribution in [0.3, 0.4) is 0 Å². The first-order valence-electron chi connectivity index (χ1n) is 3.72. The van der Waals surface area contributed by atoms with Crippen LogP contribution in [0.5, 0.6) is 0 Å². The van der Waals surface area contributed by atoms with Gasteiger partial charge in [-0.15, -0.1) is 0 Å². The molecular weight excluding hydrogens is 192 g/mol. The number of hydrogen-bond donors (Lipinski definition) is 0. The summed E-state index contributed by atoms with van der Waals surface area (Å²) in [4.78, 5) is 10.9. The molecule has 4 nitrogen and oxygen atoms in total. The summed E-state index contributed by atoms with van der Waals surface area (Å²) in [7, 11) is -3.85. The Labute approximate surface area is 78.7 Å². The van der Waals surface area contributed by atoms with E-state index in [1.165, 1.54) is 27.7 Å². The predicted molar refractivity (Wildman–Crippen MR) is 49.6 cm³/mol. The summed E-state index contributed by atoms with van der Waals surface area (Å²) in [6.07, 6.45) is 0. The van der Waals surface area contributed by atoms with Crippen molar-refractivity contribution in [1.82, 2.24) is 0 Å². The van der Waals surface area contributed by atoms with Crippen molar-refractivity contribution in [2.45, 2.75) is 32.4 Å². The van der Waals surface area contributed by atoms with Gasteiger partial charge in [-0.25, -0.2) is 4.79 Å². The van der Waals surface area contributed by atoms with Crippen molar-refractivity contribution < 1.29 is 17.4 Å². The Morgan fingerprint density at radius 3 is 1.92 bits per heavy atom. The molecule has 0 N–H and O–H groups in total. The summed E-state index contributed by atoms with van der Waals surface area (Å²) >= 11 is 0. The first-order valence-corrected chi connectivity index (χ1v) is 5.12. The standard InChI is InChI=1S/C8H14O4S/c1-6(2)7(9)12-13(10,11)8(3,4)5/h1H2,2-5H3. The molecule has 0 aliphatic carbocycles. The lowest BCUT2D eigenvalue weighted by Crippen LogP contribution is -2.31. The summed E-state index contributed by atoms with van der Waals surface area (Å²) in [5, 5.41) is 0. The second-order valence-electron chi connectivity index (χ2n) is 3.72. The van der Waals surface area contributed by atoms with Crippen molar-refractivity contribution in [3.8, 4) is 0 Å². The van der Waals surface area contributed by atoms with Gasteiger partial charge >= 0.3 is 16.1 Å². The molecular formula is C8H14O4S. The Balaban J connectivity index is 4.75. The third-order valence-electron chi connectivity index (χ3n) is 1.28. The van der Waals surface area contributed by atoms with E-state index >= 15 is 0 Å². The number of rotatable bonds is 2. The third kappa shape index (κ3) is 3.18. The molecule has 76 valence electrons. The molecule has 0 aromatic carbocycles. The van der Waals surface area contributed by atoms with Crippen LogP contribution < -0.4 is 0 Å². The molecule has 0 aliphatic heterocycles. The summed E-state index contributed by atoms with van der Waals surface area (Å²) < 4.78 is 25.8. The lowest BCUT2D eigenvalue weighted by atomic mass is 10.3. The fraction of sp³-hybridized carbons (Fsp3) is 0.625. The van der Waals surface area contributed by atoms with Crippen molar-refractivity contribution in [3.63, 3.8) is 0 Å². The van der Waals surface area contributed by atoms with Crippen LogP contribution in [0.2, 0.25) is 0 Å². The van der Waals surface area contributed by atoms with E-state index in [-0.39, 0.29) is 5.57 Å². The minimum absolute atomic E-state index is 0.0628. The van der Waals surface area contributed by atoms with Gasteiger partial charge < -0.3 is 4.18 Å². The fourth-order valence-corrected chi connectivity index (χ4v) is 0.887. The molecule has 0 saturated heterocycles. The fourth-order valence-electron chi connectivity index (χ4n) is 0.296. The minimum atomic E-state index is -3.85. The smallest absolute Gasteiger partial charge is 0.341 e. The van der Waals surface area contributed by atoms with Gasteiger partial charge in [0.15, 0.2) is 0 Å². The van der Waals surface area contributed by atoms with Crippen molar-refractivity contribution >= 4 is 16.1 Å². The van der Waals surface area contributed by atoms with Crippen molar-refractivity contribution in [2.24, 2.45) is 0 Å². The van der Waals surface area contributed by atoms with Gasteiger partial charge in [0.05, 0.1) is 4.75 Å². The maximum Gasteiger partial charge on any atom is 0.348 e. The molecule has 0 fully saturated rings. The minimum Gasteiger partial charge on any atom is -0.341 e. The molecule has 0 unspecified atom stereocenters. The lowest BCUT2D eigenvalue weighted by Gasteiger charge is -2.17. The van der Waals surface area contributed by atoms with E-state index in [0.29, 0.717) is 0 Å². The lowest BCUT2D eigenvalue weighted by molar-refractivity contribution is -0.129. The maximum atomic E-state index is 11.3. The normalized spacial score (nSPS) is 12.3. The van der Waals surface area contributed by atoms with Crippen LogP contribution in [0.4, 0.5) is 0 Å². The van der Waals surface area contributed by atoms with Crippen LogP contribution in [0.15, 0.2) is 12.2 Å². The maximum absolute atomic E-state index is 11.3. The van der Waals surface area contributed by atoms with Crippen LogP contribution in [0, 0.1) is 0 Å². The molecule has 0 atom stereocenters. The van der Waals surface area contributed by atoms with Crippen LogP contribution >= 0.6 is 0 Å². The summed E-state index contributed by atoms with van der Waals surface area (Å²) in [6, 6.07) is 0. The Morgan fingerprint density at radius 2 is 1.69 bits per heavy atom. The highest BCUT2D eigenvalue weighted by Gasteiger charge is 2.33. The Kier molecular flexibility index (Phi) is 3.27. The molecule has 0 aliphatic rings. The first kappa shape index (κ1) is 12.2. The Bertz CT molecular complexity index is 319. The molecule has 13 heavy (non-hydrogen) atoms. The van der Waals surface area contributed by atoms with Crippen LogP contribution in [0.25, 0.3) is 0 Å². The Hall–Kier alpha value is -0.840. The van der Waals surface area contributed by atoms with E-state index in [2.05, 4.69) is 10.8 Å². The van der Waals surface area contributed by atoms with Crippen LogP contribution in [-0.4, -0.2) is 19.1 Å². The summed E-state index contributed by atoms with van der Waals surface area (Å²) in [6.45, 7) is 9.03. The van der Waals surface area contributed by atoms with Gasteiger partial charge in [-0.1, -0.05) is 6.58 Å². The zero-order valence-electron chi connectivity index (χ0n) is 8.25. The SMILES string of the molecule is C=C(C)C(=O)OS(=O)(=O)C(C)(C)C. The van der Waals surface area contributed by atoms with E-state index in [1.54, 1.807) is 0 Å². The van der Waals surface area contributed by atoms with Crippen molar-refractivity contribution in [2.75, 3.05) is 0 Å². The van der Waals surface area contributed by atoms with Gasteiger partial charge in [0.25, 0.3) is 0 Å². The van der Waals surface area contributed by atoms with E-state index in [4.69, 9.17) is 0 Å². The average Bonchev–Trinajstić information content (AvgIpc) is 1.83. The van der Waals surface area contributed by atoms with E-state index in [0.717, 1.165) is 0 Å². The molecule has 0 heterocycles. The highest BCUT2D eigenvalue weighted by atomic mass is 32.2. The van der Waals surface area contributed by atoms with Gasteiger partial charge in [0.2, 0.25) is 0 Å². The second kappa shape index (κ2) is 3.49.